The summed E-state index contributed by atoms with van der Waals surface area (Å²) in [7, 11) is 0. The number of carbonyl (C=O) groups is 1. The fraction of sp³-hybridized carbons (Fsp3) is 0.188. The van der Waals surface area contributed by atoms with Crippen LogP contribution in [0.15, 0.2) is 36.4 Å². The quantitative estimate of drug-likeness (QED) is 0.910. The van der Waals surface area contributed by atoms with Crippen LogP contribution in [0.4, 0.5) is 8.78 Å². The van der Waals surface area contributed by atoms with Crippen molar-refractivity contribution < 1.29 is 18.7 Å². The van der Waals surface area contributed by atoms with Gasteiger partial charge in [-0.1, -0.05) is 12.1 Å². The van der Waals surface area contributed by atoms with Gasteiger partial charge in [-0.3, -0.25) is 4.79 Å². The van der Waals surface area contributed by atoms with Gasteiger partial charge >= 0.3 is 0 Å². The molecule has 0 aliphatic rings. The molecule has 2 aromatic rings. The van der Waals surface area contributed by atoms with E-state index in [1.165, 1.54) is 13.0 Å². The molecule has 0 aromatic heterocycles. The first-order valence-corrected chi connectivity index (χ1v) is 6.49. The third-order valence-corrected chi connectivity index (χ3v) is 3.13. The van der Waals surface area contributed by atoms with Crippen LogP contribution in [0.2, 0.25) is 0 Å². The van der Waals surface area contributed by atoms with Crippen molar-refractivity contribution in [2.45, 2.75) is 13.3 Å². The maximum absolute atomic E-state index is 13.5. The van der Waals surface area contributed by atoms with Crippen molar-refractivity contribution in [1.82, 2.24) is 5.32 Å². The minimum atomic E-state index is -0.875. The number of amides is 1. The second-order valence-electron chi connectivity index (χ2n) is 4.75. The minimum absolute atomic E-state index is 0.167. The zero-order chi connectivity index (χ0) is 15.4. The lowest BCUT2D eigenvalue weighted by Crippen LogP contribution is -2.26. The van der Waals surface area contributed by atoms with Crippen LogP contribution in [0.25, 0.3) is 0 Å². The summed E-state index contributed by atoms with van der Waals surface area (Å²) >= 11 is 0. The summed E-state index contributed by atoms with van der Waals surface area (Å²) < 4.78 is 26.7. The van der Waals surface area contributed by atoms with Gasteiger partial charge in [-0.15, -0.1) is 0 Å². The number of carbonyl (C=O) groups excluding carboxylic acids is 1. The molecule has 5 heteroatoms. The van der Waals surface area contributed by atoms with Crippen LogP contribution < -0.4 is 5.32 Å². The molecule has 2 aromatic carbocycles. The van der Waals surface area contributed by atoms with Crippen molar-refractivity contribution in [3.63, 3.8) is 0 Å². The minimum Gasteiger partial charge on any atom is -0.508 e. The molecule has 0 saturated heterocycles. The number of halogens is 2. The number of aryl methyl sites for hydroxylation is 1. The van der Waals surface area contributed by atoms with E-state index in [0.29, 0.717) is 19.0 Å². The maximum Gasteiger partial charge on any atom is 0.254 e. The Morgan fingerprint density at radius 3 is 2.48 bits per heavy atom. The zero-order valence-corrected chi connectivity index (χ0v) is 11.5. The largest absolute Gasteiger partial charge is 0.508 e. The molecule has 2 N–H and O–H groups in total. The Morgan fingerprint density at radius 1 is 1.14 bits per heavy atom. The molecular weight excluding hydrogens is 276 g/mol. The fourth-order valence-corrected chi connectivity index (χ4v) is 1.91. The molecule has 0 bridgehead atoms. The molecule has 0 saturated carbocycles. The summed E-state index contributed by atoms with van der Waals surface area (Å²) in [4.78, 5) is 11.9. The summed E-state index contributed by atoms with van der Waals surface area (Å²) in [5.41, 5.74) is 0.989. The summed E-state index contributed by atoms with van der Waals surface area (Å²) in [6.45, 7) is 1.79. The molecule has 0 aliphatic heterocycles. The Morgan fingerprint density at radius 2 is 1.81 bits per heavy atom. The van der Waals surface area contributed by atoms with E-state index >= 15 is 0 Å². The van der Waals surface area contributed by atoms with Crippen molar-refractivity contribution in [1.29, 1.82) is 0 Å². The van der Waals surface area contributed by atoms with Crippen molar-refractivity contribution in [2.24, 2.45) is 0 Å². The van der Waals surface area contributed by atoms with E-state index < -0.39 is 17.5 Å². The SMILES string of the molecule is Cc1cc(C(=O)NCCc2ccc(O)cc2)c(F)cc1F. The molecule has 0 atom stereocenters. The van der Waals surface area contributed by atoms with Crippen LogP contribution >= 0.6 is 0 Å². The van der Waals surface area contributed by atoms with Crippen LogP contribution in [-0.4, -0.2) is 17.6 Å². The fourth-order valence-electron chi connectivity index (χ4n) is 1.91. The van der Waals surface area contributed by atoms with E-state index in [4.69, 9.17) is 5.11 Å². The molecule has 2 rings (SSSR count). The van der Waals surface area contributed by atoms with Gasteiger partial charge in [0.05, 0.1) is 5.56 Å². The lowest BCUT2D eigenvalue weighted by molar-refractivity contribution is 0.0950. The summed E-state index contributed by atoms with van der Waals surface area (Å²) in [6, 6.07) is 8.50. The van der Waals surface area contributed by atoms with Gasteiger partial charge in [0.25, 0.3) is 5.91 Å². The second kappa shape index (κ2) is 6.35. The number of nitrogens with one attached hydrogen (secondary N) is 1. The second-order valence-corrected chi connectivity index (χ2v) is 4.75. The number of aromatic hydroxyl groups is 1. The van der Waals surface area contributed by atoms with Crippen molar-refractivity contribution in [3.05, 3.63) is 64.7 Å². The van der Waals surface area contributed by atoms with Crippen molar-refractivity contribution >= 4 is 5.91 Å². The Kier molecular flexibility index (Phi) is 4.52. The number of benzene rings is 2. The van der Waals surface area contributed by atoms with Crippen LogP contribution in [0.3, 0.4) is 0 Å². The molecule has 1 amide bonds. The summed E-state index contributed by atoms with van der Waals surface area (Å²) in [5, 5.41) is 11.7. The highest BCUT2D eigenvalue weighted by Gasteiger charge is 2.14. The molecule has 0 radical (unpaired) electrons. The monoisotopic (exact) mass is 291 g/mol. The number of hydrogen-bond acceptors (Lipinski definition) is 2. The average molecular weight is 291 g/mol. The first kappa shape index (κ1) is 15.0. The van der Waals surface area contributed by atoms with Gasteiger partial charge in [0.2, 0.25) is 0 Å². The van der Waals surface area contributed by atoms with Gasteiger partial charge in [-0.2, -0.15) is 0 Å². The standard InChI is InChI=1S/C16H15F2NO2/c1-10-8-13(15(18)9-14(10)17)16(21)19-7-6-11-2-4-12(20)5-3-11/h2-5,8-9,20H,6-7H2,1H3,(H,19,21). The van der Waals surface area contributed by atoms with E-state index in [0.717, 1.165) is 5.56 Å². The predicted molar refractivity (Wildman–Crippen MR) is 75.2 cm³/mol. The van der Waals surface area contributed by atoms with Gasteiger partial charge in [-0.25, -0.2) is 8.78 Å². The number of hydrogen-bond donors (Lipinski definition) is 2. The topological polar surface area (TPSA) is 49.3 Å². The van der Waals surface area contributed by atoms with E-state index in [-0.39, 0.29) is 16.9 Å². The molecular formula is C16H15F2NO2. The van der Waals surface area contributed by atoms with Crippen LogP contribution in [0.1, 0.15) is 21.5 Å². The highest BCUT2D eigenvalue weighted by atomic mass is 19.1. The average Bonchev–Trinajstić information content (AvgIpc) is 2.45. The molecule has 0 unspecified atom stereocenters. The zero-order valence-electron chi connectivity index (χ0n) is 11.5. The normalized spacial score (nSPS) is 10.4. The Labute approximate surface area is 121 Å². The molecule has 110 valence electrons. The highest BCUT2D eigenvalue weighted by molar-refractivity contribution is 5.94. The molecule has 0 aliphatic carbocycles. The van der Waals surface area contributed by atoms with Crippen LogP contribution in [-0.2, 0) is 6.42 Å². The van der Waals surface area contributed by atoms with E-state index in [1.54, 1.807) is 24.3 Å². The lowest BCUT2D eigenvalue weighted by atomic mass is 10.1. The van der Waals surface area contributed by atoms with Gasteiger partial charge in [0.15, 0.2) is 0 Å². The highest BCUT2D eigenvalue weighted by Crippen LogP contribution is 2.14. The van der Waals surface area contributed by atoms with E-state index in [1.807, 2.05) is 0 Å². The van der Waals surface area contributed by atoms with E-state index in [2.05, 4.69) is 5.32 Å². The lowest BCUT2D eigenvalue weighted by Gasteiger charge is -2.08. The smallest absolute Gasteiger partial charge is 0.254 e. The summed E-state index contributed by atoms with van der Waals surface area (Å²) in [6.07, 6.45) is 0.549. The summed E-state index contributed by atoms with van der Waals surface area (Å²) in [5.74, 6) is -1.95. The third-order valence-electron chi connectivity index (χ3n) is 3.13. The third kappa shape index (κ3) is 3.78. The first-order valence-electron chi connectivity index (χ1n) is 6.49. The van der Waals surface area contributed by atoms with Gasteiger partial charge in [0.1, 0.15) is 17.4 Å². The molecule has 0 fully saturated rings. The van der Waals surface area contributed by atoms with Gasteiger partial charge in [0, 0.05) is 12.6 Å². The first-order chi connectivity index (χ1) is 9.97. The number of rotatable bonds is 4. The van der Waals surface area contributed by atoms with Crippen molar-refractivity contribution in [3.8, 4) is 5.75 Å². The van der Waals surface area contributed by atoms with Crippen LogP contribution in [0, 0.1) is 18.6 Å². The van der Waals surface area contributed by atoms with Crippen LogP contribution in [0.5, 0.6) is 5.75 Å². The van der Waals surface area contributed by atoms with E-state index in [9.17, 15) is 13.6 Å². The number of phenols is 1. The maximum atomic E-state index is 13.5. The Balaban J connectivity index is 1.96. The molecule has 0 heterocycles. The predicted octanol–water partition coefficient (Wildman–Crippen LogP) is 2.95. The Hall–Kier alpha value is -2.43. The Bertz CT molecular complexity index is 654. The molecule has 3 nitrogen and oxygen atoms in total. The van der Waals surface area contributed by atoms with Gasteiger partial charge in [-0.05, 0) is 42.7 Å². The number of phenolic OH excluding ortho intramolecular Hbond substituents is 1. The molecule has 0 spiro atoms. The van der Waals surface area contributed by atoms with Crippen molar-refractivity contribution in [2.75, 3.05) is 6.54 Å². The van der Waals surface area contributed by atoms with Gasteiger partial charge < -0.3 is 10.4 Å². The molecule has 21 heavy (non-hydrogen) atoms.